The lowest BCUT2D eigenvalue weighted by molar-refractivity contribution is 0.415. The summed E-state index contributed by atoms with van der Waals surface area (Å²) in [5.41, 5.74) is 3.93. The number of pyridine rings is 1. The van der Waals surface area contributed by atoms with Crippen LogP contribution in [0.2, 0.25) is 0 Å². The van der Waals surface area contributed by atoms with Gasteiger partial charge in [-0.1, -0.05) is 6.07 Å². The monoisotopic (exact) mass is 265 g/mol. The molecule has 0 spiro atoms. The van der Waals surface area contributed by atoms with Gasteiger partial charge in [-0.15, -0.1) is 0 Å². The van der Waals surface area contributed by atoms with Crippen LogP contribution in [0.15, 0.2) is 60.6 Å². The lowest BCUT2D eigenvalue weighted by Crippen LogP contribution is -2.08. The van der Waals surface area contributed by atoms with E-state index in [1.54, 1.807) is 13.3 Å². The highest BCUT2D eigenvalue weighted by Gasteiger charge is 2.08. The molecule has 0 saturated carbocycles. The highest BCUT2D eigenvalue weighted by Crippen LogP contribution is 2.31. The Morgan fingerprint density at radius 3 is 2.85 bits per heavy atom. The molecule has 4 heteroatoms. The number of allylic oxidation sites excluding steroid dienone is 1. The smallest absolute Gasteiger partial charge is 0.121 e. The second kappa shape index (κ2) is 5.48. The van der Waals surface area contributed by atoms with Crippen molar-refractivity contribution in [1.82, 2.24) is 4.98 Å². The number of hydrogen-bond donors (Lipinski definition) is 2. The Kier molecular flexibility index (Phi) is 3.37. The second-order valence-electron chi connectivity index (χ2n) is 4.37. The zero-order valence-corrected chi connectivity index (χ0v) is 11.1. The van der Waals surface area contributed by atoms with Crippen molar-refractivity contribution in [2.24, 2.45) is 0 Å². The van der Waals surface area contributed by atoms with Gasteiger partial charge in [-0.2, -0.15) is 0 Å². The molecule has 0 aliphatic carbocycles. The minimum absolute atomic E-state index is 0.832. The lowest BCUT2D eigenvalue weighted by Gasteiger charge is -2.19. The van der Waals surface area contributed by atoms with Gasteiger partial charge in [0.05, 0.1) is 29.9 Å². The Morgan fingerprint density at radius 1 is 1.10 bits per heavy atom. The highest BCUT2D eigenvalue weighted by atomic mass is 16.5. The molecule has 100 valence electrons. The molecule has 0 atom stereocenters. The van der Waals surface area contributed by atoms with Crippen molar-refractivity contribution < 1.29 is 4.74 Å². The first kappa shape index (κ1) is 12.3. The zero-order chi connectivity index (χ0) is 13.8. The number of nitrogens with zero attached hydrogens (tertiary/aromatic N) is 1. The molecule has 0 amide bonds. The molecule has 0 saturated heterocycles. The maximum atomic E-state index is 5.20. The predicted octanol–water partition coefficient (Wildman–Crippen LogP) is 3.48. The van der Waals surface area contributed by atoms with Crippen LogP contribution in [-0.2, 0) is 0 Å². The summed E-state index contributed by atoms with van der Waals surface area (Å²) in [7, 11) is 1.66. The second-order valence-corrected chi connectivity index (χ2v) is 4.37. The van der Waals surface area contributed by atoms with Crippen LogP contribution in [0.1, 0.15) is 5.69 Å². The first-order chi connectivity index (χ1) is 9.85. The highest BCUT2D eigenvalue weighted by molar-refractivity contribution is 5.77. The molecular weight excluding hydrogens is 250 g/mol. The first-order valence-electron chi connectivity index (χ1n) is 6.36. The van der Waals surface area contributed by atoms with Crippen molar-refractivity contribution in [2.45, 2.75) is 0 Å². The number of benzene rings is 1. The average molecular weight is 265 g/mol. The van der Waals surface area contributed by atoms with Gasteiger partial charge in [0.15, 0.2) is 0 Å². The van der Waals surface area contributed by atoms with Gasteiger partial charge in [-0.3, -0.25) is 4.98 Å². The normalized spacial score (nSPS) is 13.2. The third-order valence-electron chi connectivity index (χ3n) is 3.01. The number of rotatable bonds is 3. The van der Waals surface area contributed by atoms with Crippen molar-refractivity contribution >= 4 is 17.5 Å². The van der Waals surface area contributed by atoms with Crippen molar-refractivity contribution in [3.63, 3.8) is 0 Å². The number of methoxy groups -OCH3 is 1. The molecule has 1 aromatic carbocycles. The van der Waals surface area contributed by atoms with E-state index in [0.717, 1.165) is 28.5 Å². The largest absolute Gasteiger partial charge is 0.497 e. The molecule has 1 aromatic heterocycles. The fourth-order valence-corrected chi connectivity index (χ4v) is 1.97. The molecule has 4 nitrogen and oxygen atoms in total. The Labute approximate surface area is 117 Å². The zero-order valence-electron chi connectivity index (χ0n) is 11.1. The quantitative estimate of drug-likeness (QED) is 0.892. The van der Waals surface area contributed by atoms with Crippen molar-refractivity contribution in [3.05, 3.63) is 66.3 Å². The summed E-state index contributed by atoms with van der Waals surface area (Å²) < 4.78 is 5.20. The molecule has 2 heterocycles. The van der Waals surface area contributed by atoms with Crippen LogP contribution in [0.5, 0.6) is 5.75 Å². The summed E-state index contributed by atoms with van der Waals surface area (Å²) in [6.45, 7) is 0. The molecule has 2 aromatic rings. The van der Waals surface area contributed by atoms with Gasteiger partial charge < -0.3 is 15.4 Å². The number of aromatic nitrogens is 1. The summed E-state index contributed by atoms with van der Waals surface area (Å²) in [5.74, 6) is 0.832. The fraction of sp³-hybridized carbons (Fsp3) is 0.0625. The minimum Gasteiger partial charge on any atom is -0.497 e. The summed E-state index contributed by atoms with van der Waals surface area (Å²) in [6.07, 6.45) is 7.65. The number of fused-ring (bicyclic) bond motifs is 1. The lowest BCUT2D eigenvalue weighted by atomic mass is 10.2. The number of hydrogen-bond acceptors (Lipinski definition) is 4. The van der Waals surface area contributed by atoms with E-state index in [0.29, 0.717) is 0 Å². The van der Waals surface area contributed by atoms with Gasteiger partial charge in [0.2, 0.25) is 0 Å². The van der Waals surface area contributed by atoms with E-state index < -0.39 is 0 Å². The molecule has 1 aliphatic rings. The van der Waals surface area contributed by atoms with Crippen molar-refractivity contribution in [1.29, 1.82) is 0 Å². The molecule has 0 radical (unpaired) electrons. The molecule has 2 N–H and O–H groups in total. The van der Waals surface area contributed by atoms with Crippen LogP contribution < -0.4 is 15.4 Å². The number of anilines is 2. The van der Waals surface area contributed by atoms with Gasteiger partial charge in [0.1, 0.15) is 5.75 Å². The van der Waals surface area contributed by atoms with Crippen LogP contribution >= 0.6 is 0 Å². The Balaban J connectivity index is 1.76. The fourth-order valence-electron chi connectivity index (χ4n) is 1.97. The molecule has 0 fully saturated rings. The maximum absolute atomic E-state index is 5.20. The minimum atomic E-state index is 0.832. The van der Waals surface area contributed by atoms with E-state index in [1.807, 2.05) is 54.8 Å². The standard InChI is InChI=1S/C16H15N3O/c1-20-14-7-8-15-16(10-14)18-11-13(19-15)6-5-12-4-2-3-9-17-12/h2-11,18-19H,1H3. The van der Waals surface area contributed by atoms with E-state index in [4.69, 9.17) is 4.74 Å². The van der Waals surface area contributed by atoms with Gasteiger partial charge in [0, 0.05) is 18.5 Å². The Bertz CT molecular complexity index is 663. The van der Waals surface area contributed by atoms with Crippen LogP contribution in [-0.4, -0.2) is 12.1 Å². The molecule has 0 bridgehead atoms. The van der Waals surface area contributed by atoms with Crippen LogP contribution in [0.25, 0.3) is 6.08 Å². The summed E-state index contributed by atoms with van der Waals surface area (Å²) in [4.78, 5) is 4.25. The average Bonchev–Trinajstić information content (AvgIpc) is 2.53. The van der Waals surface area contributed by atoms with Crippen LogP contribution in [0.4, 0.5) is 11.4 Å². The van der Waals surface area contributed by atoms with Gasteiger partial charge in [-0.05, 0) is 36.4 Å². The van der Waals surface area contributed by atoms with Crippen molar-refractivity contribution in [3.8, 4) is 5.75 Å². The van der Waals surface area contributed by atoms with E-state index in [2.05, 4.69) is 15.6 Å². The first-order valence-corrected chi connectivity index (χ1v) is 6.36. The van der Waals surface area contributed by atoms with Gasteiger partial charge in [-0.25, -0.2) is 0 Å². The summed E-state index contributed by atoms with van der Waals surface area (Å²) in [6, 6.07) is 11.7. The van der Waals surface area contributed by atoms with E-state index in [-0.39, 0.29) is 0 Å². The molecule has 0 unspecified atom stereocenters. The molecular formula is C16H15N3O. The van der Waals surface area contributed by atoms with E-state index >= 15 is 0 Å². The molecule has 3 rings (SSSR count). The number of nitrogens with one attached hydrogen (secondary N) is 2. The topological polar surface area (TPSA) is 46.2 Å². The van der Waals surface area contributed by atoms with E-state index in [9.17, 15) is 0 Å². The van der Waals surface area contributed by atoms with Gasteiger partial charge in [0.25, 0.3) is 0 Å². The van der Waals surface area contributed by atoms with Crippen LogP contribution in [0.3, 0.4) is 0 Å². The van der Waals surface area contributed by atoms with Crippen LogP contribution in [0, 0.1) is 0 Å². The maximum Gasteiger partial charge on any atom is 0.121 e. The summed E-state index contributed by atoms with van der Waals surface area (Å²) in [5, 5.41) is 6.59. The molecule has 20 heavy (non-hydrogen) atoms. The predicted molar refractivity (Wildman–Crippen MR) is 81.6 cm³/mol. The van der Waals surface area contributed by atoms with E-state index in [1.165, 1.54) is 0 Å². The SMILES string of the molecule is COc1ccc2c(c1)NC=C(C=Cc1ccccn1)N2. The van der Waals surface area contributed by atoms with Crippen molar-refractivity contribution in [2.75, 3.05) is 17.7 Å². The summed E-state index contributed by atoms with van der Waals surface area (Å²) >= 11 is 0. The Hall–Kier alpha value is -2.75. The number of ether oxygens (including phenoxy) is 1. The Morgan fingerprint density at radius 2 is 2.05 bits per heavy atom. The third-order valence-corrected chi connectivity index (χ3v) is 3.01. The van der Waals surface area contributed by atoms with Gasteiger partial charge >= 0.3 is 0 Å². The molecule has 1 aliphatic heterocycles. The third kappa shape index (κ3) is 2.64.